The first kappa shape index (κ1) is 14.6. The van der Waals surface area contributed by atoms with Gasteiger partial charge in [-0.3, -0.25) is 0 Å². The van der Waals surface area contributed by atoms with E-state index in [2.05, 4.69) is 75.5 Å². The van der Waals surface area contributed by atoms with Crippen LogP contribution in [0.15, 0.2) is 59.2 Å². The monoisotopic (exact) mass is 313 g/mol. The topological polar surface area (TPSA) is 0 Å². The molecule has 0 spiro atoms. The number of hydrogen-bond donors (Lipinski definition) is 0. The average molecular weight is 313 g/mol. The van der Waals surface area contributed by atoms with Crippen LogP contribution in [0.5, 0.6) is 0 Å². The highest BCUT2D eigenvalue weighted by Gasteiger charge is 2.21. The van der Waals surface area contributed by atoms with Crippen molar-refractivity contribution in [2.24, 2.45) is 0 Å². The van der Waals surface area contributed by atoms with Crippen LogP contribution in [0.3, 0.4) is 0 Å². The van der Waals surface area contributed by atoms with Gasteiger partial charge in [-0.2, -0.15) is 0 Å². The van der Waals surface area contributed by atoms with Gasteiger partial charge in [-0.15, -0.1) is 0 Å². The molecule has 2 aliphatic rings. The van der Waals surface area contributed by atoms with Crippen molar-refractivity contribution >= 4 is 14.0 Å². The van der Waals surface area contributed by atoms with Gasteiger partial charge in [-0.05, 0) is 69.1 Å². The summed E-state index contributed by atoms with van der Waals surface area (Å²) in [5.41, 5.74) is 7.11. The Morgan fingerprint density at radius 2 is 1.65 bits per heavy atom. The lowest BCUT2D eigenvalue weighted by Crippen LogP contribution is -2.07. The number of fused-ring (bicyclic) bond motifs is 2. The Bertz CT molecular complexity index is 1110. The molecule has 0 atom stereocenters. The molecule has 0 aliphatic heterocycles. The number of allylic oxidation sites excluding steroid dienone is 4. The highest BCUT2D eigenvalue weighted by atomic mass is 28.2. The summed E-state index contributed by atoms with van der Waals surface area (Å²) in [6, 6.07) is 17.2. The van der Waals surface area contributed by atoms with E-state index >= 15 is 0 Å². The fourth-order valence-corrected chi connectivity index (χ4v) is 4.59. The SMILES string of the molecule is CC1=CC(C)=C(C2=c3ccccc3=c3ccc(=[Si](C)C)[c]c32)C1. The van der Waals surface area contributed by atoms with Crippen molar-refractivity contribution in [3.05, 3.63) is 91.3 Å². The smallest absolute Gasteiger partial charge is 0.0136 e. The Balaban J connectivity index is 2.14. The van der Waals surface area contributed by atoms with Crippen molar-refractivity contribution in [3.8, 4) is 0 Å². The maximum Gasteiger partial charge on any atom is 0.0136 e. The third-order valence-electron chi connectivity index (χ3n) is 4.92. The second-order valence-electron chi connectivity index (χ2n) is 6.91. The van der Waals surface area contributed by atoms with E-state index in [0.717, 1.165) is 6.42 Å². The van der Waals surface area contributed by atoms with Crippen molar-refractivity contribution < 1.29 is 0 Å². The van der Waals surface area contributed by atoms with Crippen LogP contribution in [0.1, 0.15) is 25.8 Å². The molecule has 1 radical (unpaired) electrons. The number of hydrogen-bond acceptors (Lipinski definition) is 0. The first-order valence-electron chi connectivity index (χ1n) is 8.27. The number of benzene rings is 2. The average Bonchev–Trinajstić information content (AvgIpc) is 3.03. The lowest BCUT2D eigenvalue weighted by molar-refractivity contribution is 1.19. The van der Waals surface area contributed by atoms with Crippen molar-refractivity contribution in [3.63, 3.8) is 0 Å². The summed E-state index contributed by atoms with van der Waals surface area (Å²) in [5.74, 6) is 0. The molecule has 0 bridgehead atoms. The lowest BCUT2D eigenvalue weighted by Gasteiger charge is -2.10. The van der Waals surface area contributed by atoms with Crippen molar-refractivity contribution in [2.45, 2.75) is 33.4 Å². The molecule has 0 amide bonds. The van der Waals surface area contributed by atoms with Crippen LogP contribution in [-0.2, 0) is 0 Å². The fraction of sp³-hybridized carbons (Fsp3) is 0.227. The minimum atomic E-state index is -0.488. The molecule has 0 fully saturated rings. The molecular weight excluding hydrogens is 292 g/mol. The summed E-state index contributed by atoms with van der Waals surface area (Å²) in [5, 5.41) is 4.10. The quantitative estimate of drug-likeness (QED) is 0.678. The predicted molar refractivity (Wildman–Crippen MR) is 98.9 cm³/mol. The third kappa shape index (κ3) is 2.22. The van der Waals surface area contributed by atoms with E-state index in [9.17, 15) is 0 Å². The molecule has 0 unspecified atom stereocenters. The molecule has 0 heterocycles. The molecule has 0 saturated heterocycles. The first-order valence-corrected chi connectivity index (χ1v) is 10.8. The Morgan fingerprint density at radius 1 is 0.913 bits per heavy atom. The summed E-state index contributed by atoms with van der Waals surface area (Å²) >= 11 is 0. The third-order valence-corrected chi connectivity index (χ3v) is 6.29. The molecule has 4 rings (SSSR count). The van der Waals surface area contributed by atoms with E-state index in [0.29, 0.717) is 0 Å². The molecular formula is C22H21Si. The maximum absolute atomic E-state index is 3.78. The lowest BCUT2D eigenvalue weighted by atomic mass is 9.94. The van der Waals surface area contributed by atoms with Crippen LogP contribution in [0.25, 0.3) is 5.57 Å². The van der Waals surface area contributed by atoms with E-state index in [-0.39, 0.29) is 0 Å². The molecule has 0 N–H and O–H groups in total. The largest absolute Gasteiger partial charge is 0.0686 e. The number of rotatable bonds is 1. The van der Waals surface area contributed by atoms with Gasteiger partial charge >= 0.3 is 0 Å². The highest BCUT2D eigenvalue weighted by molar-refractivity contribution is 6.47. The minimum Gasteiger partial charge on any atom is -0.0686 e. The zero-order valence-corrected chi connectivity index (χ0v) is 15.2. The summed E-state index contributed by atoms with van der Waals surface area (Å²) in [6.07, 6.45) is 3.41. The molecule has 2 aliphatic carbocycles. The van der Waals surface area contributed by atoms with Crippen molar-refractivity contribution in [1.29, 1.82) is 0 Å². The van der Waals surface area contributed by atoms with Gasteiger partial charge in [0, 0.05) is 8.41 Å². The Hall–Kier alpha value is -1.99. The fourth-order valence-electron chi connectivity index (χ4n) is 3.80. The molecule has 1 heteroatoms. The summed E-state index contributed by atoms with van der Waals surface area (Å²) < 4.78 is 0. The van der Waals surface area contributed by atoms with Gasteiger partial charge in [-0.25, -0.2) is 0 Å². The van der Waals surface area contributed by atoms with Crippen LogP contribution < -0.4 is 5.22 Å². The van der Waals surface area contributed by atoms with Crippen LogP contribution in [-0.4, -0.2) is 8.41 Å². The standard InChI is InChI=1S/C22H21Si/c1-14-11-15(2)20(12-14)22-19-8-6-5-7-17(19)18-10-9-16(23(3)4)13-21(18)22/h5-11H,12H2,1-4H3. The molecule has 23 heavy (non-hydrogen) atoms. The van der Waals surface area contributed by atoms with Gasteiger partial charge in [0.05, 0.1) is 0 Å². The van der Waals surface area contributed by atoms with Crippen LogP contribution in [0.4, 0.5) is 0 Å². The molecule has 113 valence electrons. The summed E-state index contributed by atoms with van der Waals surface area (Å²) in [6.45, 7) is 9.17. The van der Waals surface area contributed by atoms with Gasteiger partial charge in [0.2, 0.25) is 0 Å². The Kier molecular flexibility index (Phi) is 3.35. The zero-order valence-electron chi connectivity index (χ0n) is 14.2. The normalized spacial score (nSPS) is 15.7. The van der Waals surface area contributed by atoms with E-state index in [1.54, 1.807) is 0 Å². The predicted octanol–water partition coefficient (Wildman–Crippen LogP) is 4.54. The van der Waals surface area contributed by atoms with E-state index in [1.165, 1.54) is 48.3 Å². The zero-order chi connectivity index (χ0) is 16.1. The van der Waals surface area contributed by atoms with Gasteiger partial charge in [0.25, 0.3) is 0 Å². The second kappa shape index (κ2) is 5.28. The first-order chi connectivity index (χ1) is 11.1. The van der Waals surface area contributed by atoms with E-state index < -0.39 is 8.41 Å². The molecule has 0 aromatic heterocycles. The van der Waals surface area contributed by atoms with Gasteiger partial charge in [0.15, 0.2) is 0 Å². The Morgan fingerprint density at radius 3 is 2.30 bits per heavy atom. The molecule has 0 saturated carbocycles. The van der Waals surface area contributed by atoms with E-state index in [1.807, 2.05) is 0 Å². The van der Waals surface area contributed by atoms with Crippen LogP contribution in [0.2, 0.25) is 13.1 Å². The van der Waals surface area contributed by atoms with Crippen LogP contribution >= 0.6 is 0 Å². The van der Waals surface area contributed by atoms with Gasteiger partial charge in [0.1, 0.15) is 0 Å². The van der Waals surface area contributed by atoms with Crippen molar-refractivity contribution in [2.75, 3.05) is 0 Å². The van der Waals surface area contributed by atoms with Crippen molar-refractivity contribution in [1.82, 2.24) is 0 Å². The van der Waals surface area contributed by atoms with Gasteiger partial charge < -0.3 is 0 Å². The van der Waals surface area contributed by atoms with E-state index in [4.69, 9.17) is 0 Å². The van der Waals surface area contributed by atoms with Gasteiger partial charge in [-0.1, -0.05) is 61.1 Å². The summed E-state index contributed by atoms with van der Waals surface area (Å²) in [7, 11) is -0.488. The highest BCUT2D eigenvalue weighted by Crippen LogP contribution is 2.35. The molecule has 2 aromatic rings. The van der Waals surface area contributed by atoms with Crippen LogP contribution in [0, 0.1) is 21.3 Å². The Labute approximate surface area is 139 Å². The minimum absolute atomic E-state index is 0.488. The second-order valence-corrected chi connectivity index (χ2v) is 9.45. The molecule has 0 nitrogen and oxygen atoms in total. The maximum atomic E-state index is 3.78. The molecule has 2 aromatic carbocycles. The summed E-state index contributed by atoms with van der Waals surface area (Å²) in [4.78, 5) is 1.40.